The molecule has 0 radical (unpaired) electrons. The highest BCUT2D eigenvalue weighted by atomic mass is 16.5. The molecule has 1 atom stereocenters. The maximum absolute atomic E-state index is 12.5. The van der Waals surface area contributed by atoms with Crippen LogP contribution >= 0.6 is 0 Å². The van der Waals surface area contributed by atoms with Crippen molar-refractivity contribution in [2.45, 2.75) is 19.6 Å². The molecular formula is C21H20N2O2. The molecule has 3 rings (SSSR count). The SMILES string of the molecule is C[C@H](NC(=O)c1cccc(OCc2ccccc2)c1)c1cccnc1. The third-order valence-electron chi connectivity index (χ3n) is 3.88. The van der Waals surface area contributed by atoms with E-state index in [2.05, 4.69) is 10.3 Å². The number of aromatic nitrogens is 1. The van der Waals surface area contributed by atoms with Crippen LogP contribution in [0.25, 0.3) is 0 Å². The lowest BCUT2D eigenvalue weighted by Gasteiger charge is -2.14. The molecule has 0 spiro atoms. The molecular weight excluding hydrogens is 312 g/mol. The van der Waals surface area contributed by atoms with Crippen LogP contribution in [-0.4, -0.2) is 10.9 Å². The van der Waals surface area contributed by atoms with Crippen molar-refractivity contribution in [3.63, 3.8) is 0 Å². The van der Waals surface area contributed by atoms with E-state index < -0.39 is 0 Å². The van der Waals surface area contributed by atoms with Gasteiger partial charge in [0.25, 0.3) is 5.91 Å². The van der Waals surface area contributed by atoms with Crippen molar-refractivity contribution in [2.75, 3.05) is 0 Å². The number of carbonyl (C=O) groups is 1. The molecule has 3 aromatic rings. The van der Waals surface area contributed by atoms with Gasteiger partial charge >= 0.3 is 0 Å². The Hall–Kier alpha value is -3.14. The second kappa shape index (κ2) is 8.11. The molecule has 1 aromatic heterocycles. The Morgan fingerprint density at radius 3 is 2.68 bits per heavy atom. The van der Waals surface area contributed by atoms with Crippen LogP contribution in [0.2, 0.25) is 0 Å². The highest BCUT2D eigenvalue weighted by molar-refractivity contribution is 5.94. The van der Waals surface area contributed by atoms with Crippen LogP contribution in [0.3, 0.4) is 0 Å². The molecule has 4 heteroatoms. The van der Waals surface area contributed by atoms with E-state index in [4.69, 9.17) is 4.74 Å². The second-order valence-corrected chi connectivity index (χ2v) is 5.78. The van der Waals surface area contributed by atoms with E-state index in [1.54, 1.807) is 24.5 Å². The van der Waals surface area contributed by atoms with Crippen LogP contribution in [0.15, 0.2) is 79.1 Å². The number of hydrogen-bond donors (Lipinski definition) is 1. The number of carbonyl (C=O) groups excluding carboxylic acids is 1. The topological polar surface area (TPSA) is 51.2 Å². The smallest absolute Gasteiger partial charge is 0.251 e. The Morgan fingerprint density at radius 1 is 1.08 bits per heavy atom. The van der Waals surface area contributed by atoms with Gasteiger partial charge in [0.15, 0.2) is 0 Å². The number of amides is 1. The van der Waals surface area contributed by atoms with Gasteiger partial charge in [0.2, 0.25) is 0 Å². The summed E-state index contributed by atoms with van der Waals surface area (Å²) < 4.78 is 5.78. The average molecular weight is 332 g/mol. The molecule has 0 aliphatic heterocycles. The fourth-order valence-electron chi connectivity index (χ4n) is 2.46. The van der Waals surface area contributed by atoms with Crippen LogP contribution < -0.4 is 10.1 Å². The third-order valence-corrected chi connectivity index (χ3v) is 3.88. The minimum Gasteiger partial charge on any atom is -0.489 e. The summed E-state index contributed by atoms with van der Waals surface area (Å²) in [5, 5.41) is 2.98. The van der Waals surface area contributed by atoms with Crippen LogP contribution in [0.5, 0.6) is 5.75 Å². The zero-order valence-corrected chi connectivity index (χ0v) is 14.1. The predicted molar refractivity (Wildman–Crippen MR) is 97.3 cm³/mol. The summed E-state index contributed by atoms with van der Waals surface area (Å²) in [7, 11) is 0. The fourth-order valence-corrected chi connectivity index (χ4v) is 2.46. The number of benzene rings is 2. The lowest BCUT2D eigenvalue weighted by Crippen LogP contribution is -2.26. The number of pyridine rings is 1. The Bertz CT molecular complexity index is 820. The summed E-state index contributed by atoms with van der Waals surface area (Å²) in [6.07, 6.45) is 3.47. The molecule has 0 bridgehead atoms. The number of ether oxygens (including phenoxy) is 1. The van der Waals surface area contributed by atoms with Gasteiger partial charge in [-0.25, -0.2) is 0 Å². The molecule has 0 aliphatic rings. The van der Waals surface area contributed by atoms with Crippen molar-refractivity contribution in [3.8, 4) is 5.75 Å². The van der Waals surface area contributed by atoms with Crippen molar-refractivity contribution in [2.24, 2.45) is 0 Å². The minimum atomic E-state index is -0.137. The van der Waals surface area contributed by atoms with Crippen molar-refractivity contribution < 1.29 is 9.53 Å². The molecule has 0 saturated heterocycles. The van der Waals surface area contributed by atoms with Gasteiger partial charge in [0, 0.05) is 18.0 Å². The Labute approximate surface area is 147 Å². The molecule has 126 valence electrons. The number of hydrogen-bond acceptors (Lipinski definition) is 3. The van der Waals surface area contributed by atoms with Gasteiger partial charge in [0.05, 0.1) is 6.04 Å². The Balaban J connectivity index is 1.63. The van der Waals surface area contributed by atoms with E-state index in [1.807, 2.05) is 61.5 Å². The maximum Gasteiger partial charge on any atom is 0.251 e. The molecule has 4 nitrogen and oxygen atoms in total. The summed E-state index contributed by atoms with van der Waals surface area (Å²) in [6, 6.07) is 20.8. The van der Waals surface area contributed by atoms with Crippen LogP contribution in [0.4, 0.5) is 0 Å². The first-order chi connectivity index (χ1) is 12.2. The molecule has 0 unspecified atom stereocenters. The number of nitrogens with one attached hydrogen (secondary N) is 1. The molecule has 0 fully saturated rings. The van der Waals surface area contributed by atoms with E-state index in [1.165, 1.54) is 0 Å². The fraction of sp³-hybridized carbons (Fsp3) is 0.143. The summed E-state index contributed by atoms with van der Waals surface area (Å²) in [5.41, 5.74) is 2.62. The largest absolute Gasteiger partial charge is 0.489 e. The van der Waals surface area contributed by atoms with Gasteiger partial charge in [-0.2, -0.15) is 0 Å². The van der Waals surface area contributed by atoms with Crippen LogP contribution in [0, 0.1) is 0 Å². The lowest BCUT2D eigenvalue weighted by molar-refractivity contribution is 0.0939. The predicted octanol–water partition coefficient (Wildman–Crippen LogP) is 4.15. The van der Waals surface area contributed by atoms with E-state index >= 15 is 0 Å². The molecule has 1 heterocycles. The summed E-state index contributed by atoms with van der Waals surface area (Å²) in [4.78, 5) is 16.5. The van der Waals surface area contributed by atoms with E-state index in [0.717, 1.165) is 11.1 Å². The molecule has 1 amide bonds. The monoisotopic (exact) mass is 332 g/mol. The molecule has 0 aliphatic carbocycles. The first-order valence-electron chi connectivity index (χ1n) is 8.20. The molecule has 0 saturated carbocycles. The first-order valence-corrected chi connectivity index (χ1v) is 8.20. The van der Waals surface area contributed by atoms with Gasteiger partial charge in [0.1, 0.15) is 12.4 Å². The normalized spacial score (nSPS) is 11.6. The first kappa shape index (κ1) is 16.7. The number of rotatable bonds is 6. The molecule has 1 N–H and O–H groups in total. The number of nitrogens with zero attached hydrogens (tertiary/aromatic N) is 1. The quantitative estimate of drug-likeness (QED) is 0.738. The summed E-state index contributed by atoms with van der Waals surface area (Å²) in [6.45, 7) is 2.41. The summed E-state index contributed by atoms with van der Waals surface area (Å²) >= 11 is 0. The van der Waals surface area contributed by atoms with Crippen LogP contribution in [-0.2, 0) is 6.61 Å². The third kappa shape index (κ3) is 4.67. The summed E-state index contributed by atoms with van der Waals surface area (Å²) in [5.74, 6) is 0.534. The Kier molecular flexibility index (Phi) is 5.42. The van der Waals surface area contributed by atoms with Crippen molar-refractivity contribution in [3.05, 3.63) is 95.8 Å². The zero-order chi connectivity index (χ0) is 17.5. The van der Waals surface area contributed by atoms with Gasteiger partial charge in [-0.3, -0.25) is 9.78 Å². The zero-order valence-electron chi connectivity index (χ0n) is 14.1. The highest BCUT2D eigenvalue weighted by Gasteiger charge is 2.12. The molecule has 2 aromatic carbocycles. The molecule has 25 heavy (non-hydrogen) atoms. The van der Waals surface area contributed by atoms with Crippen molar-refractivity contribution in [1.29, 1.82) is 0 Å². The Morgan fingerprint density at radius 2 is 1.92 bits per heavy atom. The van der Waals surface area contributed by atoms with Gasteiger partial charge in [-0.05, 0) is 42.3 Å². The van der Waals surface area contributed by atoms with Crippen molar-refractivity contribution >= 4 is 5.91 Å². The lowest BCUT2D eigenvalue weighted by atomic mass is 10.1. The standard InChI is InChI=1S/C21H20N2O2/c1-16(19-10-6-12-22-14-19)23-21(24)18-9-5-11-20(13-18)25-15-17-7-3-2-4-8-17/h2-14,16H,15H2,1H3,(H,23,24)/t16-/m0/s1. The average Bonchev–Trinajstić information content (AvgIpc) is 2.68. The van der Waals surface area contributed by atoms with Gasteiger partial charge in [-0.15, -0.1) is 0 Å². The second-order valence-electron chi connectivity index (χ2n) is 5.78. The minimum absolute atomic E-state index is 0.116. The van der Waals surface area contributed by atoms with E-state index in [0.29, 0.717) is 17.9 Å². The van der Waals surface area contributed by atoms with E-state index in [9.17, 15) is 4.79 Å². The van der Waals surface area contributed by atoms with Gasteiger partial charge in [-0.1, -0.05) is 42.5 Å². The van der Waals surface area contributed by atoms with Crippen LogP contribution in [0.1, 0.15) is 34.5 Å². The highest BCUT2D eigenvalue weighted by Crippen LogP contribution is 2.17. The van der Waals surface area contributed by atoms with Crippen molar-refractivity contribution in [1.82, 2.24) is 10.3 Å². The maximum atomic E-state index is 12.5. The van der Waals surface area contributed by atoms with E-state index in [-0.39, 0.29) is 11.9 Å². The van der Waals surface area contributed by atoms with Gasteiger partial charge < -0.3 is 10.1 Å².